The van der Waals surface area contributed by atoms with E-state index < -0.39 is 0 Å². The number of aliphatic hydroxyl groups excluding tert-OH is 1. The van der Waals surface area contributed by atoms with Gasteiger partial charge < -0.3 is 20.5 Å². The highest BCUT2D eigenvalue weighted by atomic mass is 16.5. The lowest BCUT2D eigenvalue weighted by molar-refractivity contribution is -0.118. The maximum atomic E-state index is 11.3. The van der Waals surface area contributed by atoms with E-state index in [4.69, 9.17) is 4.74 Å². The number of carbonyl (C=O) groups excluding carboxylic acids is 1. The molecule has 108 valence electrons. The SMILES string of the molecule is O=C1COc2ccc(CNC3CCC(O)CC3)cc2N1. The molecule has 2 aliphatic rings. The Morgan fingerprint density at radius 2 is 2.10 bits per heavy atom. The van der Waals surface area contributed by atoms with Crippen molar-refractivity contribution < 1.29 is 14.6 Å². The van der Waals surface area contributed by atoms with Crippen molar-refractivity contribution in [1.82, 2.24) is 5.32 Å². The summed E-state index contributed by atoms with van der Waals surface area (Å²) in [4.78, 5) is 11.3. The maximum absolute atomic E-state index is 11.3. The van der Waals surface area contributed by atoms with E-state index in [9.17, 15) is 9.90 Å². The molecule has 1 saturated carbocycles. The third-order valence-electron chi connectivity index (χ3n) is 3.97. The Morgan fingerprint density at radius 1 is 1.30 bits per heavy atom. The first-order valence-corrected chi connectivity index (χ1v) is 7.18. The average molecular weight is 276 g/mol. The fourth-order valence-electron chi connectivity index (χ4n) is 2.78. The van der Waals surface area contributed by atoms with Crippen molar-refractivity contribution in [3.8, 4) is 5.75 Å². The van der Waals surface area contributed by atoms with Gasteiger partial charge in [0.2, 0.25) is 0 Å². The quantitative estimate of drug-likeness (QED) is 0.780. The minimum Gasteiger partial charge on any atom is -0.482 e. The van der Waals surface area contributed by atoms with E-state index in [1.807, 2.05) is 18.2 Å². The van der Waals surface area contributed by atoms with Crippen molar-refractivity contribution in [2.24, 2.45) is 0 Å². The Morgan fingerprint density at radius 3 is 2.90 bits per heavy atom. The Labute approximate surface area is 118 Å². The predicted octanol–water partition coefficient (Wildman–Crippen LogP) is 1.41. The molecule has 0 bridgehead atoms. The molecule has 20 heavy (non-hydrogen) atoms. The van der Waals surface area contributed by atoms with E-state index in [2.05, 4.69) is 10.6 Å². The van der Waals surface area contributed by atoms with Crippen LogP contribution < -0.4 is 15.4 Å². The molecular formula is C15H20N2O3. The Balaban J connectivity index is 1.58. The number of benzene rings is 1. The summed E-state index contributed by atoms with van der Waals surface area (Å²) in [6.07, 6.45) is 3.68. The first-order chi connectivity index (χ1) is 9.70. The number of carbonyl (C=O) groups is 1. The van der Waals surface area contributed by atoms with Crippen LogP contribution in [0.2, 0.25) is 0 Å². The third-order valence-corrected chi connectivity index (χ3v) is 3.97. The minimum absolute atomic E-state index is 0.0923. The zero-order valence-electron chi connectivity index (χ0n) is 11.4. The van der Waals surface area contributed by atoms with Crippen LogP contribution in [0, 0.1) is 0 Å². The van der Waals surface area contributed by atoms with Crippen LogP contribution >= 0.6 is 0 Å². The number of ether oxygens (including phenoxy) is 1. The largest absolute Gasteiger partial charge is 0.482 e. The molecule has 1 aliphatic heterocycles. The van der Waals surface area contributed by atoms with Gasteiger partial charge in [-0.25, -0.2) is 0 Å². The zero-order chi connectivity index (χ0) is 13.9. The van der Waals surface area contributed by atoms with Crippen molar-refractivity contribution in [3.63, 3.8) is 0 Å². The van der Waals surface area contributed by atoms with E-state index in [1.165, 1.54) is 0 Å². The van der Waals surface area contributed by atoms with Gasteiger partial charge in [0, 0.05) is 12.6 Å². The molecule has 0 saturated heterocycles. The average Bonchev–Trinajstić information content (AvgIpc) is 2.46. The monoisotopic (exact) mass is 276 g/mol. The van der Waals surface area contributed by atoms with Crippen molar-refractivity contribution >= 4 is 11.6 Å². The summed E-state index contributed by atoms with van der Waals surface area (Å²) in [6.45, 7) is 0.860. The first-order valence-electron chi connectivity index (χ1n) is 7.18. The molecule has 0 spiro atoms. The highest BCUT2D eigenvalue weighted by Crippen LogP contribution is 2.28. The molecule has 1 aromatic rings. The molecule has 1 amide bonds. The number of hydrogen-bond donors (Lipinski definition) is 3. The van der Waals surface area contributed by atoms with Crippen LogP contribution in [-0.4, -0.2) is 29.8 Å². The lowest BCUT2D eigenvalue weighted by atomic mass is 9.93. The number of amides is 1. The minimum atomic E-state index is -0.121. The summed E-state index contributed by atoms with van der Waals surface area (Å²) in [5.41, 5.74) is 1.88. The molecule has 1 heterocycles. The number of hydrogen-bond acceptors (Lipinski definition) is 4. The summed E-state index contributed by atoms with van der Waals surface area (Å²) < 4.78 is 5.34. The second-order valence-corrected chi connectivity index (χ2v) is 5.55. The molecule has 0 radical (unpaired) electrons. The normalized spacial score (nSPS) is 25.6. The zero-order valence-corrected chi connectivity index (χ0v) is 11.4. The summed E-state index contributed by atoms with van der Waals surface area (Å²) in [5.74, 6) is 0.623. The maximum Gasteiger partial charge on any atom is 0.262 e. The standard InChI is InChI=1S/C15H20N2O3/c18-12-4-2-11(3-5-12)16-8-10-1-6-14-13(7-10)17-15(19)9-20-14/h1,6-7,11-12,16,18H,2-5,8-9H2,(H,17,19). The van der Waals surface area contributed by atoms with Crippen molar-refractivity contribution in [1.29, 1.82) is 0 Å². The second-order valence-electron chi connectivity index (χ2n) is 5.55. The van der Waals surface area contributed by atoms with Gasteiger partial charge in [0.25, 0.3) is 5.91 Å². The number of rotatable bonds is 3. The highest BCUT2D eigenvalue weighted by molar-refractivity contribution is 5.95. The fourth-order valence-corrected chi connectivity index (χ4v) is 2.78. The van der Waals surface area contributed by atoms with Crippen LogP contribution in [0.4, 0.5) is 5.69 Å². The second kappa shape index (κ2) is 5.81. The molecule has 0 unspecified atom stereocenters. The smallest absolute Gasteiger partial charge is 0.262 e. The molecule has 1 aromatic carbocycles. The van der Waals surface area contributed by atoms with Gasteiger partial charge in [-0.15, -0.1) is 0 Å². The van der Waals surface area contributed by atoms with Gasteiger partial charge in [-0.05, 0) is 43.4 Å². The molecule has 3 N–H and O–H groups in total. The predicted molar refractivity (Wildman–Crippen MR) is 75.7 cm³/mol. The van der Waals surface area contributed by atoms with Gasteiger partial charge in [0.05, 0.1) is 11.8 Å². The molecule has 3 rings (SSSR count). The van der Waals surface area contributed by atoms with Crippen molar-refractivity contribution in [2.45, 2.75) is 44.4 Å². The van der Waals surface area contributed by atoms with Gasteiger partial charge in [0.1, 0.15) is 5.75 Å². The van der Waals surface area contributed by atoms with Gasteiger partial charge >= 0.3 is 0 Å². The lowest BCUT2D eigenvalue weighted by Crippen LogP contribution is -2.34. The number of nitrogens with one attached hydrogen (secondary N) is 2. The summed E-state index contributed by atoms with van der Waals surface area (Å²) in [5, 5.41) is 15.8. The van der Waals surface area contributed by atoms with Gasteiger partial charge in [-0.3, -0.25) is 4.79 Å². The molecule has 0 aromatic heterocycles. The van der Waals surface area contributed by atoms with Gasteiger partial charge in [-0.2, -0.15) is 0 Å². The number of fused-ring (bicyclic) bond motifs is 1. The number of aliphatic hydroxyl groups is 1. The molecule has 5 heteroatoms. The van der Waals surface area contributed by atoms with E-state index in [0.717, 1.165) is 49.2 Å². The van der Waals surface area contributed by atoms with E-state index in [-0.39, 0.29) is 18.6 Å². The first kappa shape index (κ1) is 13.4. The van der Waals surface area contributed by atoms with E-state index in [1.54, 1.807) is 0 Å². The Bertz CT molecular complexity index is 496. The van der Waals surface area contributed by atoms with E-state index >= 15 is 0 Å². The van der Waals surface area contributed by atoms with Crippen molar-refractivity contribution in [3.05, 3.63) is 23.8 Å². The summed E-state index contributed by atoms with van der Waals surface area (Å²) in [7, 11) is 0. The van der Waals surface area contributed by atoms with E-state index in [0.29, 0.717) is 6.04 Å². The van der Waals surface area contributed by atoms with Crippen LogP contribution in [-0.2, 0) is 11.3 Å². The van der Waals surface area contributed by atoms with Crippen molar-refractivity contribution in [2.75, 3.05) is 11.9 Å². The number of anilines is 1. The third kappa shape index (κ3) is 3.11. The molecule has 5 nitrogen and oxygen atoms in total. The highest BCUT2D eigenvalue weighted by Gasteiger charge is 2.19. The Kier molecular flexibility index (Phi) is 3.89. The molecule has 1 fully saturated rings. The van der Waals surface area contributed by atoms with Crippen LogP contribution in [0.25, 0.3) is 0 Å². The lowest BCUT2D eigenvalue weighted by Gasteiger charge is -2.26. The topological polar surface area (TPSA) is 70.6 Å². The summed E-state index contributed by atoms with van der Waals surface area (Å²) >= 11 is 0. The van der Waals surface area contributed by atoms with Gasteiger partial charge in [-0.1, -0.05) is 6.07 Å². The van der Waals surface area contributed by atoms with Crippen LogP contribution in [0.5, 0.6) is 5.75 Å². The van der Waals surface area contributed by atoms with Crippen LogP contribution in [0.15, 0.2) is 18.2 Å². The van der Waals surface area contributed by atoms with Crippen LogP contribution in [0.1, 0.15) is 31.2 Å². The molecular weight excluding hydrogens is 256 g/mol. The summed E-state index contributed by atoms with van der Waals surface area (Å²) in [6, 6.07) is 6.34. The Hall–Kier alpha value is -1.59. The molecule has 1 aliphatic carbocycles. The fraction of sp³-hybridized carbons (Fsp3) is 0.533. The van der Waals surface area contributed by atoms with Crippen LogP contribution in [0.3, 0.4) is 0 Å². The molecule has 0 atom stereocenters. The van der Waals surface area contributed by atoms with Gasteiger partial charge in [0.15, 0.2) is 6.61 Å².